The smallest absolute Gasteiger partial charge is 0.244 e. The Hall–Kier alpha value is -2.49. The predicted molar refractivity (Wildman–Crippen MR) is 151 cm³/mol. The van der Waals surface area contributed by atoms with Gasteiger partial charge in [-0.15, -0.1) is 0 Å². The molecule has 0 saturated heterocycles. The molecule has 1 saturated carbocycles. The zero-order valence-electron chi connectivity index (χ0n) is 22.2. The molecule has 8 nitrogen and oxygen atoms in total. The number of rotatable bonds is 10. The van der Waals surface area contributed by atoms with Gasteiger partial charge in [0.2, 0.25) is 21.8 Å². The van der Waals surface area contributed by atoms with Gasteiger partial charge in [0.15, 0.2) is 0 Å². The number of nitrogens with zero attached hydrogens (tertiary/aromatic N) is 2. The van der Waals surface area contributed by atoms with Crippen molar-refractivity contribution >= 4 is 50.7 Å². The number of carbonyl (C=O) groups is 2. The van der Waals surface area contributed by atoms with Crippen LogP contribution in [-0.2, 0) is 26.2 Å². The first-order chi connectivity index (χ1) is 17.9. The van der Waals surface area contributed by atoms with Gasteiger partial charge in [0.05, 0.1) is 19.1 Å². The highest BCUT2D eigenvalue weighted by Gasteiger charge is 2.32. The van der Waals surface area contributed by atoms with E-state index in [0.29, 0.717) is 21.4 Å². The molecule has 1 N–H and O–H groups in total. The highest BCUT2D eigenvalue weighted by Crippen LogP contribution is 2.32. The van der Waals surface area contributed by atoms with E-state index in [9.17, 15) is 18.0 Å². The van der Waals surface area contributed by atoms with Crippen LogP contribution in [0.5, 0.6) is 5.75 Å². The van der Waals surface area contributed by atoms with E-state index in [0.717, 1.165) is 48.2 Å². The van der Waals surface area contributed by atoms with E-state index < -0.39 is 28.5 Å². The summed E-state index contributed by atoms with van der Waals surface area (Å²) in [6, 6.07) is 9.21. The maximum Gasteiger partial charge on any atom is 0.244 e. The molecule has 208 valence electrons. The highest BCUT2D eigenvalue weighted by atomic mass is 35.5. The number of hydrogen-bond acceptors (Lipinski definition) is 5. The first-order valence-corrected chi connectivity index (χ1v) is 15.2. The molecule has 1 aliphatic rings. The molecular formula is C27H35Cl2N3O5S. The zero-order valence-corrected chi connectivity index (χ0v) is 24.5. The molecule has 1 fully saturated rings. The average molecular weight is 585 g/mol. The lowest BCUT2D eigenvalue weighted by Gasteiger charge is -2.33. The lowest BCUT2D eigenvalue weighted by atomic mass is 9.95. The molecule has 0 aromatic heterocycles. The minimum Gasteiger partial charge on any atom is -0.495 e. The molecule has 1 aliphatic carbocycles. The van der Waals surface area contributed by atoms with Crippen LogP contribution in [0.25, 0.3) is 0 Å². The van der Waals surface area contributed by atoms with Gasteiger partial charge in [0, 0.05) is 28.2 Å². The number of benzene rings is 2. The van der Waals surface area contributed by atoms with Crippen LogP contribution < -0.4 is 14.4 Å². The maximum atomic E-state index is 13.8. The van der Waals surface area contributed by atoms with E-state index in [4.69, 9.17) is 27.9 Å². The molecule has 2 amide bonds. The standard InChI is InChI=1S/C27H35Cl2N3O5S/c1-18-13-14-25(37-3)24(15-18)32(38(4,35)36)17-26(33)31(16-21-22(28)11-8-12-23(21)29)19(2)27(34)30-20-9-6-5-7-10-20/h8,11-15,19-20H,5-7,9-10,16-17H2,1-4H3,(H,30,34)/t19-/m0/s1. The van der Waals surface area contributed by atoms with Gasteiger partial charge < -0.3 is 15.0 Å². The summed E-state index contributed by atoms with van der Waals surface area (Å²) < 4.78 is 32.1. The van der Waals surface area contributed by atoms with Crippen molar-refractivity contribution in [3.8, 4) is 5.75 Å². The van der Waals surface area contributed by atoms with Crippen molar-refractivity contribution in [2.45, 2.75) is 64.6 Å². The van der Waals surface area contributed by atoms with Crippen LogP contribution in [0.1, 0.15) is 50.2 Å². The number of halogens is 2. The van der Waals surface area contributed by atoms with Gasteiger partial charge >= 0.3 is 0 Å². The molecule has 2 aromatic carbocycles. The van der Waals surface area contributed by atoms with Gasteiger partial charge in [-0.2, -0.15) is 0 Å². The maximum absolute atomic E-state index is 13.8. The van der Waals surface area contributed by atoms with Crippen molar-refractivity contribution < 1.29 is 22.7 Å². The number of amides is 2. The average Bonchev–Trinajstić information content (AvgIpc) is 2.86. The Bertz CT molecular complexity index is 1250. The summed E-state index contributed by atoms with van der Waals surface area (Å²) in [5.41, 5.74) is 1.50. The fraction of sp³-hybridized carbons (Fsp3) is 0.481. The van der Waals surface area contributed by atoms with Crippen molar-refractivity contribution in [3.05, 3.63) is 57.6 Å². The third-order valence-corrected chi connectivity index (χ3v) is 8.63. The van der Waals surface area contributed by atoms with Crippen LogP contribution in [0, 0.1) is 6.92 Å². The van der Waals surface area contributed by atoms with Gasteiger partial charge in [-0.05, 0) is 56.5 Å². The van der Waals surface area contributed by atoms with Crippen molar-refractivity contribution in [2.75, 3.05) is 24.2 Å². The SMILES string of the molecule is COc1ccc(C)cc1N(CC(=O)N(Cc1c(Cl)cccc1Cl)[C@@H](C)C(=O)NC1CCCCC1)S(C)(=O)=O. The minimum absolute atomic E-state index is 0.0450. The summed E-state index contributed by atoms with van der Waals surface area (Å²) in [6.45, 7) is 2.83. The molecule has 0 spiro atoms. The monoisotopic (exact) mass is 583 g/mol. The van der Waals surface area contributed by atoms with Crippen LogP contribution in [0.2, 0.25) is 10.0 Å². The minimum atomic E-state index is -3.90. The van der Waals surface area contributed by atoms with Crippen molar-refractivity contribution in [1.29, 1.82) is 0 Å². The molecule has 0 radical (unpaired) electrons. The second-order valence-corrected chi connectivity index (χ2v) is 12.4. The van der Waals surface area contributed by atoms with Gasteiger partial charge in [0.25, 0.3) is 0 Å². The molecule has 0 heterocycles. The van der Waals surface area contributed by atoms with Crippen LogP contribution in [-0.4, -0.2) is 57.1 Å². The Labute approximate surface area is 235 Å². The van der Waals surface area contributed by atoms with Crippen LogP contribution in [0.4, 0.5) is 5.69 Å². The van der Waals surface area contributed by atoms with Crippen LogP contribution in [0.15, 0.2) is 36.4 Å². The molecule has 0 unspecified atom stereocenters. The van der Waals surface area contributed by atoms with Crippen molar-refractivity contribution in [1.82, 2.24) is 10.2 Å². The summed E-state index contributed by atoms with van der Waals surface area (Å²) in [4.78, 5) is 28.5. The number of nitrogens with one attached hydrogen (secondary N) is 1. The van der Waals surface area contributed by atoms with E-state index >= 15 is 0 Å². The number of carbonyl (C=O) groups excluding carboxylic acids is 2. The van der Waals surface area contributed by atoms with E-state index in [1.54, 1.807) is 43.3 Å². The predicted octanol–water partition coefficient (Wildman–Crippen LogP) is 4.94. The van der Waals surface area contributed by atoms with E-state index in [1.165, 1.54) is 12.0 Å². The fourth-order valence-electron chi connectivity index (χ4n) is 4.59. The number of methoxy groups -OCH3 is 1. The number of sulfonamides is 1. The molecule has 2 aromatic rings. The summed E-state index contributed by atoms with van der Waals surface area (Å²) in [5, 5.41) is 3.75. The topological polar surface area (TPSA) is 96.0 Å². The molecule has 3 rings (SSSR count). The number of ether oxygens (including phenoxy) is 1. The highest BCUT2D eigenvalue weighted by molar-refractivity contribution is 7.92. The molecule has 0 bridgehead atoms. The summed E-state index contributed by atoms with van der Waals surface area (Å²) in [6.07, 6.45) is 6.02. The number of anilines is 1. The summed E-state index contributed by atoms with van der Waals surface area (Å²) in [5.74, 6) is -0.591. The summed E-state index contributed by atoms with van der Waals surface area (Å²) >= 11 is 12.8. The van der Waals surface area contributed by atoms with Crippen LogP contribution in [0.3, 0.4) is 0 Å². The molecule has 1 atom stereocenters. The second-order valence-electron chi connectivity index (χ2n) is 9.69. The first-order valence-electron chi connectivity index (χ1n) is 12.6. The van der Waals surface area contributed by atoms with Crippen molar-refractivity contribution in [3.63, 3.8) is 0 Å². The quantitative estimate of drug-likeness (QED) is 0.427. The first kappa shape index (κ1) is 30.1. The Balaban J connectivity index is 1.96. The Morgan fingerprint density at radius 1 is 1.11 bits per heavy atom. The Morgan fingerprint density at radius 2 is 1.74 bits per heavy atom. The summed E-state index contributed by atoms with van der Waals surface area (Å²) in [7, 11) is -2.47. The molecule has 0 aliphatic heterocycles. The van der Waals surface area contributed by atoms with Crippen molar-refractivity contribution in [2.24, 2.45) is 0 Å². The second kappa shape index (κ2) is 13.0. The van der Waals surface area contributed by atoms with E-state index in [-0.39, 0.29) is 24.2 Å². The van der Waals surface area contributed by atoms with E-state index in [1.807, 2.05) is 6.92 Å². The van der Waals surface area contributed by atoms with Gasteiger partial charge in [-0.25, -0.2) is 8.42 Å². The molecule has 11 heteroatoms. The van der Waals surface area contributed by atoms with Gasteiger partial charge in [0.1, 0.15) is 18.3 Å². The Kier molecular flexibility index (Phi) is 10.3. The molecule has 38 heavy (non-hydrogen) atoms. The number of aryl methyl sites for hydroxylation is 1. The normalized spacial score (nSPS) is 15.0. The van der Waals surface area contributed by atoms with Crippen LogP contribution >= 0.6 is 23.2 Å². The van der Waals surface area contributed by atoms with E-state index in [2.05, 4.69) is 5.32 Å². The third-order valence-electron chi connectivity index (χ3n) is 6.79. The number of hydrogen-bond donors (Lipinski definition) is 1. The third kappa shape index (κ3) is 7.55. The zero-order chi connectivity index (χ0) is 28.0. The largest absolute Gasteiger partial charge is 0.495 e. The fourth-order valence-corrected chi connectivity index (χ4v) is 5.96. The van der Waals surface area contributed by atoms with Gasteiger partial charge in [-0.1, -0.05) is 54.6 Å². The van der Waals surface area contributed by atoms with Gasteiger partial charge in [-0.3, -0.25) is 13.9 Å². The molecular weight excluding hydrogens is 549 g/mol. The Morgan fingerprint density at radius 3 is 2.32 bits per heavy atom. The lowest BCUT2D eigenvalue weighted by Crippen LogP contribution is -2.53. The lowest BCUT2D eigenvalue weighted by molar-refractivity contribution is -0.139.